The molecule has 14 heavy (non-hydrogen) atoms. The van der Waals surface area contributed by atoms with Gasteiger partial charge in [-0.15, -0.1) is 0 Å². The summed E-state index contributed by atoms with van der Waals surface area (Å²) in [6, 6.07) is 1.45. The van der Waals surface area contributed by atoms with Crippen molar-refractivity contribution >= 4 is 28.4 Å². The Bertz CT molecular complexity index is 340. The van der Waals surface area contributed by atoms with Crippen LogP contribution in [-0.2, 0) is 0 Å². The molecule has 8 heteroatoms. The minimum absolute atomic E-state index is 0. The van der Waals surface area contributed by atoms with Crippen molar-refractivity contribution in [2.24, 2.45) is 0 Å². The van der Waals surface area contributed by atoms with E-state index >= 15 is 0 Å². The summed E-state index contributed by atoms with van der Waals surface area (Å²) in [6.45, 7) is -5.65. The zero-order valence-corrected chi connectivity index (χ0v) is 11.7. The van der Waals surface area contributed by atoms with Crippen LogP contribution in [0.15, 0.2) is 16.6 Å². The zero-order valence-electron chi connectivity index (χ0n) is 7.00. The van der Waals surface area contributed by atoms with Gasteiger partial charge >= 0.3 is 58.4 Å². The number of hydrogen-bond acceptors (Lipinski definition) is 0. The normalized spacial score (nSPS) is 11.0. The van der Waals surface area contributed by atoms with E-state index in [2.05, 4.69) is 15.9 Å². The van der Waals surface area contributed by atoms with Crippen LogP contribution >= 0.6 is 15.9 Å². The van der Waals surface area contributed by atoms with E-state index in [0.29, 0.717) is 6.07 Å². The third kappa shape index (κ3) is 3.28. The minimum Gasteiger partial charge on any atom is -0.445 e. The van der Waals surface area contributed by atoms with Gasteiger partial charge < -0.3 is 12.9 Å². The Kier molecular flexibility index (Phi) is 5.81. The summed E-state index contributed by atoms with van der Waals surface area (Å²) >= 11 is 2.54. The molecule has 0 amide bonds. The molecule has 0 aliphatic heterocycles. The molecule has 0 aromatic heterocycles. The molecule has 0 atom stereocenters. The van der Waals surface area contributed by atoms with Gasteiger partial charge in [-0.3, -0.25) is 0 Å². The first-order valence-corrected chi connectivity index (χ1v) is 3.96. The molecule has 1 rings (SSSR count). The molecule has 0 aliphatic carbocycles. The average Bonchev–Trinajstić information content (AvgIpc) is 1.95. The van der Waals surface area contributed by atoms with E-state index in [9.17, 15) is 21.7 Å². The van der Waals surface area contributed by atoms with Crippen LogP contribution in [0.3, 0.4) is 0 Å². The van der Waals surface area contributed by atoms with E-state index in [4.69, 9.17) is 0 Å². The van der Waals surface area contributed by atoms with Crippen molar-refractivity contribution < 1.29 is 73.1 Å². The van der Waals surface area contributed by atoms with Gasteiger partial charge in [0.2, 0.25) is 0 Å². The second kappa shape index (κ2) is 5.40. The van der Waals surface area contributed by atoms with E-state index in [0.717, 1.165) is 6.07 Å². The van der Waals surface area contributed by atoms with Crippen LogP contribution in [0, 0.1) is 11.6 Å². The van der Waals surface area contributed by atoms with E-state index in [1.54, 1.807) is 0 Å². The molecule has 0 heterocycles. The maximum Gasteiger partial charge on any atom is 1.00 e. The van der Waals surface area contributed by atoms with Gasteiger partial charge in [-0.25, -0.2) is 8.78 Å². The predicted octanol–water partition coefficient (Wildman–Crippen LogP) is -0.214. The van der Waals surface area contributed by atoms with Gasteiger partial charge in [0.1, 0.15) is 5.82 Å². The van der Waals surface area contributed by atoms with E-state index in [1.165, 1.54) is 0 Å². The van der Waals surface area contributed by atoms with Crippen molar-refractivity contribution in [2.75, 3.05) is 0 Å². The van der Waals surface area contributed by atoms with Crippen LogP contribution < -0.4 is 56.8 Å². The van der Waals surface area contributed by atoms with Crippen molar-refractivity contribution in [3.8, 4) is 0 Å². The van der Waals surface area contributed by atoms with Crippen LogP contribution in [0.4, 0.5) is 21.7 Å². The monoisotopic (exact) mass is 298 g/mol. The molecule has 0 unspecified atom stereocenters. The van der Waals surface area contributed by atoms with Gasteiger partial charge in [-0.1, -0.05) is 0 Å². The van der Waals surface area contributed by atoms with Crippen molar-refractivity contribution in [3.63, 3.8) is 0 Å². The summed E-state index contributed by atoms with van der Waals surface area (Å²) in [5, 5.41) is 0. The zero-order chi connectivity index (χ0) is 10.2. The molecule has 1 aromatic rings. The fraction of sp³-hybridized carbons (Fsp3) is 0. The minimum atomic E-state index is -5.65. The predicted molar refractivity (Wildman–Crippen MR) is 42.8 cm³/mol. The molecule has 0 saturated carbocycles. The van der Waals surface area contributed by atoms with E-state index < -0.39 is 28.5 Å². The molecule has 0 N–H and O–H groups in total. The summed E-state index contributed by atoms with van der Waals surface area (Å²) in [7, 11) is 0. The fourth-order valence-electron chi connectivity index (χ4n) is 0.843. The molecule has 72 valence electrons. The smallest absolute Gasteiger partial charge is 0.445 e. The Morgan fingerprint density at radius 3 is 1.93 bits per heavy atom. The maximum absolute atomic E-state index is 12.8. The third-order valence-corrected chi connectivity index (χ3v) is 2.02. The van der Waals surface area contributed by atoms with Gasteiger partial charge in [0.05, 0.1) is 10.3 Å². The van der Waals surface area contributed by atoms with Gasteiger partial charge in [0, 0.05) is 0 Å². The number of halogens is 6. The molecular weight excluding hydrogens is 297 g/mol. The van der Waals surface area contributed by atoms with Crippen LogP contribution in [0.2, 0.25) is 0 Å². The van der Waals surface area contributed by atoms with Crippen molar-refractivity contribution in [1.82, 2.24) is 0 Å². The topological polar surface area (TPSA) is 0 Å². The van der Waals surface area contributed by atoms with Crippen LogP contribution in [0.1, 0.15) is 0 Å². The van der Waals surface area contributed by atoms with Crippen molar-refractivity contribution in [2.45, 2.75) is 0 Å². The second-order valence-electron chi connectivity index (χ2n) is 2.33. The van der Waals surface area contributed by atoms with Crippen LogP contribution in [0.5, 0.6) is 0 Å². The van der Waals surface area contributed by atoms with Gasteiger partial charge in [0.25, 0.3) is 0 Å². The van der Waals surface area contributed by atoms with Crippen molar-refractivity contribution in [3.05, 3.63) is 28.2 Å². The largest absolute Gasteiger partial charge is 1.00 e. The quantitative estimate of drug-likeness (QED) is 0.382. The Morgan fingerprint density at radius 1 is 1.07 bits per heavy atom. The molecule has 0 aliphatic rings. The first-order valence-electron chi connectivity index (χ1n) is 3.17. The number of hydrogen-bond donors (Lipinski definition) is 0. The Hall–Kier alpha value is 1.05. The molecule has 0 radical (unpaired) electrons. The number of benzene rings is 1. The molecular formula is C6H2BBrF5K. The summed E-state index contributed by atoms with van der Waals surface area (Å²) in [4.78, 5) is 0. The summed E-state index contributed by atoms with van der Waals surface area (Å²) < 4.78 is 61.1. The van der Waals surface area contributed by atoms with Crippen LogP contribution in [0.25, 0.3) is 0 Å². The fourth-order valence-corrected chi connectivity index (χ4v) is 1.19. The van der Waals surface area contributed by atoms with E-state index in [-0.39, 0.29) is 51.4 Å². The molecule has 1 aromatic carbocycles. The summed E-state index contributed by atoms with van der Waals surface area (Å²) in [5.74, 6) is -3.19. The third-order valence-electron chi connectivity index (χ3n) is 1.41. The van der Waals surface area contributed by atoms with Gasteiger partial charge in [-0.05, 0) is 33.5 Å². The Balaban J connectivity index is 0.00000169. The summed E-state index contributed by atoms with van der Waals surface area (Å²) in [5.41, 5.74) is -1.81. The molecule has 0 spiro atoms. The van der Waals surface area contributed by atoms with Gasteiger partial charge in [0.15, 0.2) is 0 Å². The second-order valence-corrected chi connectivity index (χ2v) is 3.19. The number of rotatable bonds is 1. The standard InChI is InChI=1S/C6H2BBrF5.K/c8-3-1-2-4(9)5(6(3)10)7(11,12)13;/h1-2H;/q-1;+1. The SMILES string of the molecule is Fc1ccc(Br)c(F)c1[B-](F)(F)F.[K+]. The molecule has 0 fully saturated rings. The van der Waals surface area contributed by atoms with Crippen molar-refractivity contribution in [1.29, 1.82) is 0 Å². The van der Waals surface area contributed by atoms with E-state index in [1.807, 2.05) is 0 Å². The molecule has 0 nitrogen and oxygen atoms in total. The first kappa shape index (κ1) is 15.1. The molecule has 0 saturated heterocycles. The molecule has 0 bridgehead atoms. The van der Waals surface area contributed by atoms with Gasteiger partial charge in [-0.2, -0.15) is 0 Å². The average molecular weight is 299 g/mol. The first-order chi connectivity index (χ1) is 5.84. The maximum atomic E-state index is 12.8. The summed E-state index contributed by atoms with van der Waals surface area (Å²) in [6.07, 6.45) is 0. The van der Waals surface area contributed by atoms with Crippen LogP contribution in [-0.4, -0.2) is 6.98 Å². The Morgan fingerprint density at radius 2 is 1.57 bits per heavy atom. The Labute approximate surface area is 128 Å².